The fraction of sp³-hybridized carbons (Fsp3) is 0.444. The Balaban J connectivity index is 1.72. The number of aryl methyl sites for hydroxylation is 2. The first-order chi connectivity index (χ1) is 12.9. The lowest BCUT2D eigenvalue weighted by Gasteiger charge is -2.32. The molecule has 1 saturated heterocycles. The molecule has 1 aliphatic rings. The average molecular weight is 373 g/mol. The molecule has 0 spiro atoms. The lowest BCUT2D eigenvalue weighted by atomic mass is 10.2. The summed E-state index contributed by atoms with van der Waals surface area (Å²) >= 11 is 0. The van der Waals surface area contributed by atoms with E-state index in [1.807, 2.05) is 26.0 Å². The van der Waals surface area contributed by atoms with E-state index in [1.165, 1.54) is 4.90 Å². The third-order valence-corrected chi connectivity index (χ3v) is 4.59. The number of carbonyl (C=O) groups excluding carboxylic acids is 3. The first-order valence-electron chi connectivity index (χ1n) is 8.87. The van der Waals surface area contributed by atoms with Gasteiger partial charge in [-0.25, -0.2) is 4.79 Å². The first-order valence-corrected chi connectivity index (χ1v) is 8.87. The maximum atomic E-state index is 12.5. The molecule has 0 aromatic carbocycles. The van der Waals surface area contributed by atoms with Crippen LogP contribution in [-0.2, 0) is 9.59 Å². The van der Waals surface area contributed by atoms with Gasteiger partial charge in [0.2, 0.25) is 0 Å². The van der Waals surface area contributed by atoms with Gasteiger partial charge in [0.05, 0.1) is 12.0 Å². The number of rotatable bonds is 5. The maximum Gasteiger partial charge on any atom is 0.324 e. The Morgan fingerprint density at radius 2 is 2.07 bits per heavy atom. The third-order valence-electron chi connectivity index (χ3n) is 4.59. The smallest absolute Gasteiger partial charge is 0.324 e. The van der Waals surface area contributed by atoms with E-state index in [1.54, 1.807) is 23.9 Å². The van der Waals surface area contributed by atoms with Crippen LogP contribution < -0.4 is 5.32 Å². The molecule has 2 aromatic rings. The second-order valence-corrected chi connectivity index (χ2v) is 6.43. The molecule has 4 amide bonds. The van der Waals surface area contributed by atoms with Gasteiger partial charge in [0.25, 0.3) is 0 Å². The Morgan fingerprint density at radius 1 is 1.30 bits per heavy atom. The molecule has 27 heavy (non-hydrogen) atoms. The lowest BCUT2D eigenvalue weighted by Crippen LogP contribution is -2.58. The van der Waals surface area contributed by atoms with Crippen molar-refractivity contribution >= 4 is 17.8 Å². The lowest BCUT2D eigenvalue weighted by molar-refractivity contribution is -0.153. The van der Waals surface area contributed by atoms with Gasteiger partial charge in [-0.05, 0) is 39.0 Å². The van der Waals surface area contributed by atoms with Crippen LogP contribution >= 0.6 is 0 Å². The van der Waals surface area contributed by atoms with Gasteiger partial charge in [-0.15, -0.1) is 0 Å². The highest BCUT2D eigenvalue weighted by Crippen LogP contribution is 2.20. The van der Waals surface area contributed by atoms with Crippen molar-refractivity contribution in [3.8, 4) is 0 Å². The number of amides is 4. The van der Waals surface area contributed by atoms with Crippen molar-refractivity contribution < 1.29 is 18.8 Å². The molecule has 1 atom stereocenters. The van der Waals surface area contributed by atoms with Gasteiger partial charge in [-0.3, -0.25) is 19.2 Å². The van der Waals surface area contributed by atoms with Crippen molar-refractivity contribution in [2.75, 3.05) is 26.2 Å². The van der Waals surface area contributed by atoms with E-state index in [-0.39, 0.29) is 19.1 Å². The van der Waals surface area contributed by atoms with Gasteiger partial charge in [-0.2, -0.15) is 5.10 Å². The maximum absolute atomic E-state index is 12.5. The zero-order chi connectivity index (χ0) is 19.6. The molecule has 0 radical (unpaired) electrons. The number of nitrogens with zero attached hydrogens (tertiary/aromatic N) is 4. The van der Waals surface area contributed by atoms with Crippen LogP contribution in [0.3, 0.4) is 0 Å². The Morgan fingerprint density at radius 3 is 2.67 bits per heavy atom. The summed E-state index contributed by atoms with van der Waals surface area (Å²) in [4.78, 5) is 39.1. The fourth-order valence-corrected chi connectivity index (χ4v) is 3.20. The quantitative estimate of drug-likeness (QED) is 0.791. The SMILES string of the molecule is CCN1CCN(C(=O)NC[C@@H](c2ccco2)n2nc(C)cc2C)C(=O)C1=O. The highest BCUT2D eigenvalue weighted by molar-refractivity contribution is 6.38. The molecule has 1 aliphatic heterocycles. The summed E-state index contributed by atoms with van der Waals surface area (Å²) in [6, 6.07) is 4.55. The molecule has 0 unspecified atom stereocenters. The van der Waals surface area contributed by atoms with Gasteiger partial charge in [0.15, 0.2) is 0 Å². The number of hydrogen-bond donors (Lipinski definition) is 1. The number of imide groups is 1. The van der Waals surface area contributed by atoms with Crippen molar-refractivity contribution in [2.45, 2.75) is 26.8 Å². The number of carbonyl (C=O) groups is 3. The van der Waals surface area contributed by atoms with Crippen molar-refractivity contribution in [3.05, 3.63) is 41.6 Å². The molecule has 2 aromatic heterocycles. The van der Waals surface area contributed by atoms with Gasteiger partial charge in [-0.1, -0.05) is 0 Å². The second kappa shape index (κ2) is 7.65. The first kappa shape index (κ1) is 18.7. The predicted molar refractivity (Wildman–Crippen MR) is 95.9 cm³/mol. The topological polar surface area (TPSA) is 101 Å². The van der Waals surface area contributed by atoms with E-state index >= 15 is 0 Å². The van der Waals surface area contributed by atoms with E-state index < -0.39 is 17.8 Å². The summed E-state index contributed by atoms with van der Waals surface area (Å²) < 4.78 is 7.28. The third kappa shape index (κ3) is 3.71. The normalized spacial score (nSPS) is 16.0. The summed E-state index contributed by atoms with van der Waals surface area (Å²) in [6.45, 7) is 6.73. The van der Waals surface area contributed by atoms with Crippen LogP contribution in [-0.4, -0.2) is 63.6 Å². The molecule has 3 heterocycles. The van der Waals surface area contributed by atoms with E-state index in [2.05, 4.69) is 10.4 Å². The number of piperazine rings is 1. The number of furan rings is 1. The summed E-state index contributed by atoms with van der Waals surface area (Å²) in [5.41, 5.74) is 1.78. The Bertz CT molecular complexity index is 842. The van der Waals surface area contributed by atoms with E-state index in [0.29, 0.717) is 18.8 Å². The standard InChI is InChI=1S/C18H23N5O4/c1-4-21-7-8-22(17(25)16(21)24)18(26)19-11-14(15-6-5-9-27-15)23-13(3)10-12(2)20-23/h5-6,9-10,14H,4,7-8,11H2,1-3H3,(H,19,26)/t14-/m0/s1. The van der Waals surface area contributed by atoms with Crippen molar-refractivity contribution in [2.24, 2.45) is 0 Å². The number of hydrogen-bond acceptors (Lipinski definition) is 5. The monoisotopic (exact) mass is 373 g/mol. The molecular weight excluding hydrogens is 350 g/mol. The number of nitrogens with one attached hydrogen (secondary N) is 1. The van der Waals surface area contributed by atoms with Crippen LogP contribution in [0.15, 0.2) is 28.9 Å². The van der Waals surface area contributed by atoms with Crippen molar-refractivity contribution in [1.29, 1.82) is 0 Å². The van der Waals surface area contributed by atoms with Crippen LogP contribution in [0.5, 0.6) is 0 Å². The Kier molecular flexibility index (Phi) is 5.29. The van der Waals surface area contributed by atoms with Crippen molar-refractivity contribution in [3.63, 3.8) is 0 Å². The minimum absolute atomic E-state index is 0.170. The summed E-state index contributed by atoms with van der Waals surface area (Å²) in [7, 11) is 0. The van der Waals surface area contributed by atoms with Crippen LogP contribution in [0.1, 0.15) is 30.1 Å². The van der Waals surface area contributed by atoms with Crippen LogP contribution in [0.4, 0.5) is 4.79 Å². The molecule has 1 fully saturated rings. The predicted octanol–water partition coefficient (Wildman–Crippen LogP) is 1.08. The Hall–Kier alpha value is -3.10. The molecule has 9 nitrogen and oxygen atoms in total. The summed E-state index contributed by atoms with van der Waals surface area (Å²) in [5.74, 6) is -0.819. The average Bonchev–Trinajstić information content (AvgIpc) is 3.27. The van der Waals surface area contributed by atoms with Crippen LogP contribution in [0, 0.1) is 13.8 Å². The zero-order valence-electron chi connectivity index (χ0n) is 15.6. The van der Waals surface area contributed by atoms with Crippen LogP contribution in [0.2, 0.25) is 0 Å². The number of likely N-dealkylation sites (N-methyl/N-ethyl adjacent to an activating group) is 1. The van der Waals surface area contributed by atoms with E-state index in [0.717, 1.165) is 16.3 Å². The number of urea groups is 1. The molecule has 1 N–H and O–H groups in total. The largest absolute Gasteiger partial charge is 0.467 e. The molecule has 0 bridgehead atoms. The molecular formula is C18H23N5O4. The van der Waals surface area contributed by atoms with Crippen LogP contribution in [0.25, 0.3) is 0 Å². The van der Waals surface area contributed by atoms with Gasteiger partial charge >= 0.3 is 17.8 Å². The van der Waals surface area contributed by atoms with Crippen molar-refractivity contribution in [1.82, 2.24) is 24.9 Å². The second-order valence-electron chi connectivity index (χ2n) is 6.43. The molecule has 0 saturated carbocycles. The summed E-state index contributed by atoms with van der Waals surface area (Å²) in [6.07, 6.45) is 1.56. The Labute approximate surface area is 156 Å². The van der Waals surface area contributed by atoms with E-state index in [4.69, 9.17) is 4.42 Å². The molecule has 144 valence electrons. The minimum Gasteiger partial charge on any atom is -0.467 e. The highest BCUT2D eigenvalue weighted by Gasteiger charge is 2.35. The van der Waals surface area contributed by atoms with Gasteiger partial charge in [0, 0.05) is 31.9 Å². The van der Waals surface area contributed by atoms with E-state index in [9.17, 15) is 14.4 Å². The summed E-state index contributed by atoms with van der Waals surface area (Å²) in [5, 5.41) is 7.20. The molecule has 3 rings (SSSR count). The molecule has 9 heteroatoms. The minimum atomic E-state index is -0.804. The molecule has 0 aliphatic carbocycles. The van der Waals surface area contributed by atoms with Gasteiger partial charge in [0.1, 0.15) is 11.8 Å². The number of aromatic nitrogens is 2. The highest BCUT2D eigenvalue weighted by atomic mass is 16.3. The fourth-order valence-electron chi connectivity index (χ4n) is 3.20. The van der Waals surface area contributed by atoms with Gasteiger partial charge < -0.3 is 14.6 Å². The zero-order valence-corrected chi connectivity index (χ0v) is 15.6.